The van der Waals surface area contributed by atoms with Crippen LogP contribution in [-0.2, 0) is 7.05 Å². The molecular formula is C12H21N3. The van der Waals surface area contributed by atoms with Crippen molar-refractivity contribution in [2.24, 2.45) is 13.0 Å². The Morgan fingerprint density at radius 1 is 1.53 bits per heavy atom. The minimum absolute atomic E-state index is 0.643. The summed E-state index contributed by atoms with van der Waals surface area (Å²) >= 11 is 0. The minimum Gasteiger partial charge on any atom is -0.366 e. The normalized spacial score (nSPS) is 25.8. The van der Waals surface area contributed by atoms with Gasteiger partial charge >= 0.3 is 0 Å². The molecule has 0 spiro atoms. The molecule has 1 aliphatic rings. The van der Waals surface area contributed by atoms with Crippen LogP contribution in [0.5, 0.6) is 0 Å². The summed E-state index contributed by atoms with van der Waals surface area (Å²) < 4.78 is 1.93. The van der Waals surface area contributed by atoms with Gasteiger partial charge in [-0.25, -0.2) is 0 Å². The number of rotatable bonds is 3. The van der Waals surface area contributed by atoms with Gasteiger partial charge in [0.1, 0.15) is 5.82 Å². The van der Waals surface area contributed by atoms with Crippen LogP contribution in [0.15, 0.2) is 6.07 Å². The molecule has 1 heterocycles. The van der Waals surface area contributed by atoms with Crippen molar-refractivity contribution in [3.05, 3.63) is 11.8 Å². The Morgan fingerprint density at radius 3 is 2.93 bits per heavy atom. The number of hydrogen-bond donors (Lipinski definition) is 1. The highest BCUT2D eigenvalue weighted by atomic mass is 15.3. The first-order valence-electron chi connectivity index (χ1n) is 5.98. The minimum atomic E-state index is 0.643. The van der Waals surface area contributed by atoms with Gasteiger partial charge < -0.3 is 5.32 Å². The number of hydrogen-bond acceptors (Lipinski definition) is 2. The van der Waals surface area contributed by atoms with Gasteiger partial charge in [-0.15, -0.1) is 0 Å². The van der Waals surface area contributed by atoms with Crippen LogP contribution in [0.25, 0.3) is 0 Å². The van der Waals surface area contributed by atoms with Crippen molar-refractivity contribution in [3.63, 3.8) is 0 Å². The van der Waals surface area contributed by atoms with Crippen molar-refractivity contribution >= 4 is 5.82 Å². The van der Waals surface area contributed by atoms with Gasteiger partial charge in [-0.3, -0.25) is 4.68 Å². The second-order valence-electron chi connectivity index (χ2n) is 4.64. The summed E-state index contributed by atoms with van der Waals surface area (Å²) in [6.07, 6.45) is 5.32. The van der Waals surface area contributed by atoms with Gasteiger partial charge in [-0.1, -0.05) is 19.8 Å². The van der Waals surface area contributed by atoms with E-state index in [1.165, 1.54) is 31.4 Å². The SMILES string of the molecule is CCC1CCCC1Nc1cc(C)n(C)n1. The predicted molar refractivity (Wildman–Crippen MR) is 63.0 cm³/mol. The lowest BCUT2D eigenvalue weighted by molar-refractivity contribution is 0.487. The molecule has 1 saturated carbocycles. The fraction of sp³-hybridized carbons (Fsp3) is 0.750. The molecule has 0 aliphatic heterocycles. The molecule has 0 amide bonds. The molecule has 1 aromatic rings. The number of nitrogens with zero attached hydrogens (tertiary/aromatic N) is 2. The standard InChI is InChI=1S/C12H21N3/c1-4-10-6-5-7-11(10)13-12-8-9(2)15(3)14-12/h8,10-11H,4-7H2,1-3H3,(H,13,14). The molecule has 0 bridgehead atoms. The molecule has 0 radical (unpaired) electrons. The Bertz CT molecular complexity index is 310. The highest BCUT2D eigenvalue weighted by Gasteiger charge is 2.25. The maximum absolute atomic E-state index is 4.45. The van der Waals surface area contributed by atoms with Crippen molar-refractivity contribution < 1.29 is 0 Å². The molecule has 1 aromatic heterocycles. The summed E-state index contributed by atoms with van der Waals surface area (Å²) in [7, 11) is 1.99. The number of aromatic nitrogens is 2. The van der Waals surface area contributed by atoms with Gasteiger partial charge in [0.25, 0.3) is 0 Å². The first kappa shape index (κ1) is 10.5. The Kier molecular flexibility index (Phi) is 2.98. The van der Waals surface area contributed by atoms with Crippen LogP contribution in [0.1, 0.15) is 38.3 Å². The van der Waals surface area contributed by atoms with Crippen LogP contribution in [0.2, 0.25) is 0 Å². The summed E-state index contributed by atoms with van der Waals surface area (Å²) in [6.45, 7) is 4.37. The van der Waals surface area contributed by atoms with Crippen LogP contribution in [0.3, 0.4) is 0 Å². The molecule has 0 saturated heterocycles. The van der Waals surface area contributed by atoms with Gasteiger partial charge in [0.15, 0.2) is 0 Å². The zero-order chi connectivity index (χ0) is 10.8. The van der Waals surface area contributed by atoms with E-state index in [1.54, 1.807) is 0 Å². The Labute approximate surface area is 91.9 Å². The van der Waals surface area contributed by atoms with Gasteiger partial charge in [0.05, 0.1) is 0 Å². The first-order valence-corrected chi connectivity index (χ1v) is 5.98. The third kappa shape index (κ3) is 2.16. The van der Waals surface area contributed by atoms with Crippen LogP contribution < -0.4 is 5.32 Å². The second-order valence-corrected chi connectivity index (χ2v) is 4.64. The van der Waals surface area contributed by atoms with E-state index in [0.717, 1.165) is 11.7 Å². The molecule has 1 fully saturated rings. The van der Waals surface area contributed by atoms with E-state index in [9.17, 15) is 0 Å². The molecule has 2 rings (SSSR count). The molecule has 3 nitrogen and oxygen atoms in total. The zero-order valence-corrected chi connectivity index (χ0v) is 9.95. The van der Waals surface area contributed by atoms with Gasteiger partial charge in [0, 0.05) is 24.8 Å². The van der Waals surface area contributed by atoms with Crippen molar-refractivity contribution in [1.29, 1.82) is 0 Å². The lowest BCUT2D eigenvalue weighted by Crippen LogP contribution is -2.23. The van der Waals surface area contributed by atoms with E-state index in [4.69, 9.17) is 0 Å². The van der Waals surface area contributed by atoms with Crippen LogP contribution in [-0.4, -0.2) is 15.8 Å². The topological polar surface area (TPSA) is 29.9 Å². The van der Waals surface area contributed by atoms with Gasteiger partial charge in [-0.2, -0.15) is 5.10 Å². The van der Waals surface area contributed by atoms with E-state index in [0.29, 0.717) is 6.04 Å². The van der Waals surface area contributed by atoms with E-state index in [1.807, 2.05) is 11.7 Å². The maximum Gasteiger partial charge on any atom is 0.148 e. The van der Waals surface area contributed by atoms with Crippen molar-refractivity contribution in [2.75, 3.05) is 5.32 Å². The Balaban J connectivity index is 2.02. The van der Waals surface area contributed by atoms with E-state index < -0.39 is 0 Å². The highest BCUT2D eigenvalue weighted by Crippen LogP contribution is 2.30. The number of anilines is 1. The number of aryl methyl sites for hydroxylation is 2. The predicted octanol–water partition coefficient (Wildman–Crippen LogP) is 2.72. The summed E-state index contributed by atoms with van der Waals surface area (Å²) in [5, 5.41) is 8.02. The average molecular weight is 207 g/mol. The lowest BCUT2D eigenvalue weighted by Gasteiger charge is -2.18. The van der Waals surface area contributed by atoms with Gasteiger partial charge in [0.2, 0.25) is 0 Å². The van der Waals surface area contributed by atoms with Crippen molar-refractivity contribution in [3.8, 4) is 0 Å². The quantitative estimate of drug-likeness (QED) is 0.826. The van der Waals surface area contributed by atoms with Crippen LogP contribution in [0, 0.1) is 12.8 Å². The van der Waals surface area contributed by atoms with Crippen molar-refractivity contribution in [1.82, 2.24) is 9.78 Å². The molecule has 0 aromatic carbocycles. The average Bonchev–Trinajstić information content (AvgIpc) is 2.75. The fourth-order valence-corrected chi connectivity index (χ4v) is 2.54. The molecule has 3 heteroatoms. The Morgan fingerprint density at radius 2 is 2.33 bits per heavy atom. The summed E-state index contributed by atoms with van der Waals surface area (Å²) in [5.41, 5.74) is 1.21. The van der Waals surface area contributed by atoms with E-state index in [2.05, 4.69) is 30.3 Å². The fourth-order valence-electron chi connectivity index (χ4n) is 2.54. The molecular weight excluding hydrogens is 186 g/mol. The third-order valence-corrected chi connectivity index (χ3v) is 3.63. The van der Waals surface area contributed by atoms with Crippen molar-refractivity contribution in [2.45, 2.75) is 45.6 Å². The molecule has 1 aliphatic carbocycles. The molecule has 15 heavy (non-hydrogen) atoms. The number of nitrogens with one attached hydrogen (secondary N) is 1. The summed E-state index contributed by atoms with van der Waals surface area (Å²) in [6, 6.07) is 2.77. The maximum atomic E-state index is 4.45. The molecule has 2 unspecified atom stereocenters. The van der Waals surface area contributed by atoms with Crippen LogP contribution >= 0.6 is 0 Å². The molecule has 1 N–H and O–H groups in total. The van der Waals surface area contributed by atoms with E-state index in [-0.39, 0.29) is 0 Å². The third-order valence-electron chi connectivity index (χ3n) is 3.63. The largest absolute Gasteiger partial charge is 0.366 e. The van der Waals surface area contributed by atoms with Crippen LogP contribution in [0.4, 0.5) is 5.82 Å². The summed E-state index contributed by atoms with van der Waals surface area (Å²) in [4.78, 5) is 0. The lowest BCUT2D eigenvalue weighted by atomic mass is 10.0. The zero-order valence-electron chi connectivity index (χ0n) is 9.95. The second kappa shape index (κ2) is 4.25. The molecule has 2 atom stereocenters. The first-order chi connectivity index (χ1) is 7.20. The van der Waals surface area contributed by atoms with Gasteiger partial charge in [-0.05, 0) is 25.7 Å². The Hall–Kier alpha value is -0.990. The summed E-state index contributed by atoms with van der Waals surface area (Å²) in [5.74, 6) is 1.88. The monoisotopic (exact) mass is 207 g/mol. The highest BCUT2D eigenvalue weighted by molar-refractivity contribution is 5.37. The smallest absolute Gasteiger partial charge is 0.148 e. The molecule has 84 valence electrons. The van der Waals surface area contributed by atoms with E-state index >= 15 is 0 Å².